The minimum Gasteiger partial charge on any atom is -0.435 e. The molecule has 0 saturated carbocycles. The lowest BCUT2D eigenvalue weighted by atomic mass is 10.0. The molecule has 0 N–H and O–H groups in total. The van der Waals surface area contributed by atoms with E-state index in [1.54, 1.807) is 54.0 Å². The number of fused-ring (bicyclic) bond motifs is 1. The molecule has 0 amide bonds. The summed E-state index contributed by atoms with van der Waals surface area (Å²) >= 11 is 0. The second-order valence-corrected chi connectivity index (χ2v) is 6.24. The number of pyridine rings is 1. The van der Waals surface area contributed by atoms with Gasteiger partial charge in [-0.15, -0.1) is 0 Å². The number of halogens is 2. The van der Waals surface area contributed by atoms with Crippen LogP contribution in [0.15, 0.2) is 59.7 Å². The van der Waals surface area contributed by atoms with E-state index in [4.69, 9.17) is 0 Å². The van der Waals surface area contributed by atoms with Crippen molar-refractivity contribution in [2.24, 2.45) is 0 Å². The number of hydrogen-bond donors (Lipinski definition) is 0. The van der Waals surface area contributed by atoms with Crippen LogP contribution in [0.1, 0.15) is 11.3 Å². The van der Waals surface area contributed by atoms with E-state index >= 15 is 0 Å². The average Bonchev–Trinajstić information content (AvgIpc) is 2.93. The van der Waals surface area contributed by atoms with Crippen LogP contribution in [0, 0.1) is 13.8 Å². The van der Waals surface area contributed by atoms with Crippen LogP contribution in [0.25, 0.3) is 22.5 Å². The minimum absolute atomic E-state index is 0.0607. The van der Waals surface area contributed by atoms with E-state index < -0.39 is 6.61 Å². The lowest BCUT2D eigenvalue weighted by Gasteiger charge is -2.08. The van der Waals surface area contributed by atoms with Gasteiger partial charge in [-0.3, -0.25) is 4.40 Å². The highest BCUT2D eigenvalue weighted by atomic mass is 19.3. The summed E-state index contributed by atoms with van der Waals surface area (Å²) in [6.07, 6.45) is 3.18. The number of hydrogen-bond acceptors (Lipinski definition) is 4. The van der Waals surface area contributed by atoms with Crippen LogP contribution in [-0.2, 0) is 0 Å². The maximum absolute atomic E-state index is 13.1. The van der Waals surface area contributed by atoms with Crippen molar-refractivity contribution in [3.63, 3.8) is 0 Å². The van der Waals surface area contributed by atoms with Crippen molar-refractivity contribution in [2.45, 2.75) is 20.5 Å². The number of rotatable bonds is 4. The number of benzene rings is 1. The third kappa shape index (κ3) is 2.92. The van der Waals surface area contributed by atoms with Gasteiger partial charge >= 0.3 is 12.3 Å². The molecule has 0 bridgehead atoms. The Kier molecular flexibility index (Phi) is 4.38. The van der Waals surface area contributed by atoms with Gasteiger partial charge in [-0.25, -0.2) is 9.78 Å². The molecule has 142 valence electrons. The van der Waals surface area contributed by atoms with Gasteiger partial charge in [0, 0.05) is 17.5 Å². The molecule has 0 fully saturated rings. The molecule has 4 aromatic rings. The highest BCUT2D eigenvalue weighted by Crippen LogP contribution is 2.33. The zero-order valence-corrected chi connectivity index (χ0v) is 15.1. The second kappa shape index (κ2) is 6.88. The number of aryl methyl sites for hydroxylation is 2. The Morgan fingerprint density at radius 3 is 2.64 bits per heavy atom. The quantitative estimate of drug-likeness (QED) is 0.539. The van der Waals surface area contributed by atoms with E-state index in [0.717, 1.165) is 11.1 Å². The topological polar surface area (TPSA) is 61.4 Å². The summed E-state index contributed by atoms with van der Waals surface area (Å²) < 4.78 is 32.4. The first kappa shape index (κ1) is 17.8. The summed E-state index contributed by atoms with van der Waals surface area (Å²) in [5.74, 6) is 0.472. The molecule has 3 heterocycles. The van der Waals surface area contributed by atoms with Gasteiger partial charge in [0.1, 0.15) is 5.75 Å². The number of ether oxygens (including phenoxy) is 1. The van der Waals surface area contributed by atoms with Crippen LogP contribution < -0.4 is 10.4 Å². The summed E-state index contributed by atoms with van der Waals surface area (Å²) in [6, 6.07) is 11.6. The lowest BCUT2D eigenvalue weighted by Crippen LogP contribution is -2.28. The third-order valence-electron chi connectivity index (χ3n) is 4.58. The van der Waals surface area contributed by atoms with Crippen LogP contribution >= 0.6 is 0 Å². The molecule has 0 saturated heterocycles. The van der Waals surface area contributed by atoms with Crippen molar-refractivity contribution in [3.8, 4) is 22.7 Å². The van der Waals surface area contributed by atoms with Crippen LogP contribution in [-0.4, -0.2) is 25.8 Å². The smallest absolute Gasteiger partial charge is 0.387 e. The maximum Gasteiger partial charge on any atom is 0.387 e. The minimum atomic E-state index is -2.90. The molecule has 8 heteroatoms. The summed E-state index contributed by atoms with van der Waals surface area (Å²) in [5.41, 5.74) is 3.24. The summed E-state index contributed by atoms with van der Waals surface area (Å²) in [4.78, 5) is 17.2. The molecular formula is C20H16F2N4O2. The van der Waals surface area contributed by atoms with Crippen molar-refractivity contribution >= 4 is 5.52 Å². The number of nitrogens with zero attached hydrogens (tertiary/aromatic N) is 4. The molecule has 0 atom stereocenters. The molecule has 6 nitrogen and oxygen atoms in total. The molecule has 1 aromatic carbocycles. The van der Waals surface area contributed by atoms with Crippen molar-refractivity contribution in [1.29, 1.82) is 0 Å². The molecular weight excluding hydrogens is 366 g/mol. The third-order valence-corrected chi connectivity index (χ3v) is 4.58. The Morgan fingerprint density at radius 2 is 1.93 bits per heavy atom. The normalized spacial score (nSPS) is 11.3. The molecule has 4 rings (SSSR count). The van der Waals surface area contributed by atoms with E-state index in [-0.39, 0.29) is 11.4 Å². The van der Waals surface area contributed by atoms with Crippen LogP contribution in [0.2, 0.25) is 0 Å². The maximum atomic E-state index is 13.1. The Balaban J connectivity index is 1.92. The molecule has 0 aliphatic rings. The Labute approximate surface area is 158 Å². The standard InChI is InChI=1S/C20H16F2N4O2/c1-12-16-11-24-26(17-8-3-4-9-23-17)20(27)25(16)13(2)18(12)14-6-5-7-15(10-14)28-19(21)22/h3-11,19H,1-2H3. The first-order valence-corrected chi connectivity index (χ1v) is 8.54. The monoisotopic (exact) mass is 382 g/mol. The van der Waals surface area contributed by atoms with E-state index in [1.165, 1.54) is 16.8 Å². The van der Waals surface area contributed by atoms with Crippen molar-refractivity contribution < 1.29 is 13.5 Å². The van der Waals surface area contributed by atoms with Gasteiger partial charge in [-0.2, -0.15) is 18.6 Å². The summed E-state index contributed by atoms with van der Waals surface area (Å²) in [6.45, 7) is 0.769. The van der Waals surface area contributed by atoms with Gasteiger partial charge in [0.2, 0.25) is 0 Å². The molecule has 0 unspecified atom stereocenters. The van der Waals surface area contributed by atoms with Gasteiger partial charge in [0.05, 0.1) is 11.7 Å². The fraction of sp³-hybridized carbons (Fsp3) is 0.150. The van der Waals surface area contributed by atoms with Crippen LogP contribution in [0.5, 0.6) is 5.75 Å². The van der Waals surface area contributed by atoms with Gasteiger partial charge in [0.15, 0.2) is 5.82 Å². The lowest BCUT2D eigenvalue weighted by molar-refractivity contribution is -0.0498. The van der Waals surface area contributed by atoms with Crippen LogP contribution in [0.4, 0.5) is 8.78 Å². The predicted molar refractivity (Wildman–Crippen MR) is 100 cm³/mol. The predicted octanol–water partition coefficient (Wildman–Crippen LogP) is 3.77. The molecule has 0 aliphatic carbocycles. The molecule has 0 aliphatic heterocycles. The average molecular weight is 382 g/mol. The molecule has 0 spiro atoms. The molecule has 3 aromatic heterocycles. The molecule has 0 radical (unpaired) electrons. The Bertz CT molecular complexity index is 1220. The highest BCUT2D eigenvalue weighted by Gasteiger charge is 2.19. The van der Waals surface area contributed by atoms with E-state index in [2.05, 4.69) is 14.8 Å². The first-order valence-electron chi connectivity index (χ1n) is 8.54. The van der Waals surface area contributed by atoms with E-state index in [0.29, 0.717) is 22.6 Å². The second-order valence-electron chi connectivity index (χ2n) is 6.24. The van der Waals surface area contributed by atoms with Crippen molar-refractivity contribution in [2.75, 3.05) is 0 Å². The largest absolute Gasteiger partial charge is 0.435 e. The number of aromatic nitrogens is 4. The van der Waals surface area contributed by atoms with Crippen molar-refractivity contribution in [1.82, 2.24) is 19.2 Å². The number of alkyl halides is 2. The van der Waals surface area contributed by atoms with Gasteiger partial charge in [-0.05, 0) is 49.2 Å². The van der Waals surface area contributed by atoms with Gasteiger partial charge in [0.25, 0.3) is 0 Å². The summed E-state index contributed by atoms with van der Waals surface area (Å²) in [5, 5.41) is 4.24. The fourth-order valence-corrected chi connectivity index (χ4v) is 3.41. The summed E-state index contributed by atoms with van der Waals surface area (Å²) in [7, 11) is 0. The molecule has 28 heavy (non-hydrogen) atoms. The van der Waals surface area contributed by atoms with Crippen molar-refractivity contribution in [3.05, 3.63) is 76.6 Å². The highest BCUT2D eigenvalue weighted by molar-refractivity contribution is 5.79. The Hall–Kier alpha value is -3.55. The van der Waals surface area contributed by atoms with E-state index in [9.17, 15) is 13.6 Å². The SMILES string of the molecule is Cc1c(-c2cccc(OC(F)F)c2)c(C)n2c(=O)n(-c3ccccn3)ncc12. The van der Waals surface area contributed by atoms with E-state index in [1.807, 2.05) is 6.92 Å². The Morgan fingerprint density at radius 1 is 1.11 bits per heavy atom. The zero-order chi connectivity index (χ0) is 19.8. The van der Waals surface area contributed by atoms with Gasteiger partial charge in [-0.1, -0.05) is 18.2 Å². The van der Waals surface area contributed by atoms with Crippen LogP contribution in [0.3, 0.4) is 0 Å². The van der Waals surface area contributed by atoms with Gasteiger partial charge < -0.3 is 4.74 Å². The zero-order valence-electron chi connectivity index (χ0n) is 15.1. The first-order chi connectivity index (χ1) is 13.5. The fourth-order valence-electron chi connectivity index (χ4n) is 3.41.